The van der Waals surface area contributed by atoms with Crippen molar-refractivity contribution in [3.63, 3.8) is 0 Å². The Labute approximate surface area is 162 Å². The number of rotatable bonds is 6. The average Bonchev–Trinajstić information content (AvgIpc) is 2.60. The van der Waals surface area contributed by atoms with Crippen LogP contribution in [0, 0.1) is 6.92 Å². The van der Waals surface area contributed by atoms with E-state index < -0.39 is 0 Å². The van der Waals surface area contributed by atoms with Gasteiger partial charge in [-0.2, -0.15) is 0 Å². The molecule has 3 aromatic rings. The van der Waals surface area contributed by atoms with Crippen LogP contribution in [0.4, 0.5) is 5.82 Å². The Morgan fingerprint density at radius 3 is 2.81 bits per heavy atom. The van der Waals surface area contributed by atoms with E-state index in [2.05, 4.69) is 4.98 Å². The van der Waals surface area contributed by atoms with Gasteiger partial charge in [-0.05, 0) is 38.5 Å². The normalized spacial score (nSPS) is 11.6. The molecule has 0 fully saturated rings. The molecule has 0 unspecified atom stereocenters. The number of anilines is 1. The number of fused-ring (bicyclic) bond motifs is 2. The lowest BCUT2D eigenvalue weighted by Crippen LogP contribution is -2.42. The van der Waals surface area contributed by atoms with E-state index in [0.29, 0.717) is 41.2 Å². The highest BCUT2D eigenvalue weighted by molar-refractivity contribution is 7.80. The SMILES string of the molecule is Cc1ccc2nc3c(cc(C(N)=S)c(N)[n+]3CCCOC(C)C)c(=O)n2c1. The first-order valence-electron chi connectivity index (χ1n) is 8.86. The van der Waals surface area contributed by atoms with Crippen LogP contribution in [0.2, 0.25) is 0 Å². The molecule has 0 amide bonds. The second-order valence-electron chi connectivity index (χ2n) is 6.82. The third-order valence-corrected chi connectivity index (χ3v) is 4.56. The Hall–Kier alpha value is -2.58. The Bertz CT molecular complexity index is 1090. The van der Waals surface area contributed by atoms with Crippen LogP contribution >= 0.6 is 12.2 Å². The van der Waals surface area contributed by atoms with Gasteiger partial charge in [-0.1, -0.05) is 23.3 Å². The minimum atomic E-state index is -0.177. The fourth-order valence-corrected chi connectivity index (χ4v) is 3.19. The summed E-state index contributed by atoms with van der Waals surface area (Å²) < 4.78 is 8.94. The zero-order chi connectivity index (χ0) is 19.7. The van der Waals surface area contributed by atoms with Gasteiger partial charge in [0.2, 0.25) is 11.5 Å². The van der Waals surface area contributed by atoms with Gasteiger partial charge in [0.25, 0.3) is 11.2 Å². The lowest BCUT2D eigenvalue weighted by atomic mass is 10.2. The number of hydrogen-bond donors (Lipinski definition) is 2. The van der Waals surface area contributed by atoms with Gasteiger partial charge in [-0.15, -0.1) is 0 Å². The van der Waals surface area contributed by atoms with Crippen LogP contribution in [0.25, 0.3) is 16.7 Å². The lowest BCUT2D eigenvalue weighted by molar-refractivity contribution is -0.659. The zero-order valence-corrected chi connectivity index (χ0v) is 16.5. The fraction of sp³-hybridized carbons (Fsp3) is 0.368. The Morgan fingerprint density at radius 1 is 1.41 bits per heavy atom. The van der Waals surface area contributed by atoms with Gasteiger partial charge in [0.15, 0.2) is 0 Å². The van der Waals surface area contributed by atoms with E-state index in [4.69, 9.17) is 28.4 Å². The monoisotopic (exact) mass is 386 g/mol. The number of aromatic nitrogens is 3. The lowest BCUT2D eigenvalue weighted by Gasteiger charge is -2.12. The Balaban J connectivity index is 2.22. The molecule has 0 atom stereocenters. The number of ether oxygens (including phenoxy) is 1. The van der Waals surface area contributed by atoms with Crippen molar-refractivity contribution in [1.82, 2.24) is 9.38 Å². The number of aryl methyl sites for hydroxylation is 2. The number of thiocarbonyl (C=S) groups is 1. The summed E-state index contributed by atoms with van der Waals surface area (Å²) in [5.74, 6) is 0.405. The quantitative estimate of drug-likeness (QED) is 0.288. The topological polar surface area (TPSA) is 99.5 Å². The summed E-state index contributed by atoms with van der Waals surface area (Å²) in [6.07, 6.45) is 2.64. The minimum Gasteiger partial charge on any atom is -0.389 e. The second-order valence-corrected chi connectivity index (χ2v) is 7.26. The highest BCUT2D eigenvalue weighted by atomic mass is 32.1. The molecule has 4 N–H and O–H groups in total. The molecule has 0 saturated carbocycles. The molecule has 0 radical (unpaired) electrons. The summed E-state index contributed by atoms with van der Waals surface area (Å²) in [5, 5.41) is 0.430. The van der Waals surface area contributed by atoms with Crippen LogP contribution in [0.5, 0.6) is 0 Å². The molecule has 3 rings (SSSR count). The third-order valence-electron chi connectivity index (χ3n) is 4.34. The van der Waals surface area contributed by atoms with Crippen molar-refractivity contribution in [3.8, 4) is 0 Å². The van der Waals surface area contributed by atoms with Gasteiger partial charge in [-0.25, -0.2) is 4.57 Å². The summed E-state index contributed by atoms with van der Waals surface area (Å²) in [5.41, 5.74) is 14.5. The van der Waals surface area contributed by atoms with E-state index in [9.17, 15) is 4.79 Å². The van der Waals surface area contributed by atoms with Crippen LogP contribution in [0.15, 0.2) is 29.2 Å². The summed E-state index contributed by atoms with van der Waals surface area (Å²) in [4.78, 5) is 17.9. The predicted octanol–water partition coefficient (Wildman–Crippen LogP) is 1.48. The van der Waals surface area contributed by atoms with E-state index in [-0.39, 0.29) is 16.7 Å². The van der Waals surface area contributed by atoms with Gasteiger partial charge in [-0.3, -0.25) is 9.20 Å². The first kappa shape index (κ1) is 19.2. The van der Waals surface area contributed by atoms with Crippen LogP contribution in [-0.2, 0) is 11.3 Å². The summed E-state index contributed by atoms with van der Waals surface area (Å²) >= 11 is 5.13. The van der Waals surface area contributed by atoms with E-state index in [1.165, 1.54) is 4.40 Å². The van der Waals surface area contributed by atoms with Crippen LogP contribution in [-0.4, -0.2) is 27.1 Å². The fourth-order valence-electron chi connectivity index (χ4n) is 3.02. The van der Waals surface area contributed by atoms with Crippen molar-refractivity contribution in [2.45, 2.75) is 39.8 Å². The first-order chi connectivity index (χ1) is 12.8. The maximum Gasteiger partial charge on any atom is 0.278 e. The van der Waals surface area contributed by atoms with E-state index >= 15 is 0 Å². The molecule has 0 bridgehead atoms. The smallest absolute Gasteiger partial charge is 0.278 e. The highest BCUT2D eigenvalue weighted by Crippen LogP contribution is 2.15. The van der Waals surface area contributed by atoms with E-state index in [1.54, 1.807) is 16.8 Å². The molecule has 0 aliphatic rings. The van der Waals surface area contributed by atoms with Gasteiger partial charge in [0, 0.05) is 19.2 Å². The molecular weight excluding hydrogens is 362 g/mol. The van der Waals surface area contributed by atoms with Crippen LogP contribution in [0.1, 0.15) is 31.4 Å². The minimum absolute atomic E-state index is 0.148. The molecular formula is C19H24N5O2S+. The number of nitrogen functional groups attached to an aromatic ring is 1. The highest BCUT2D eigenvalue weighted by Gasteiger charge is 2.22. The molecule has 27 heavy (non-hydrogen) atoms. The molecule has 0 aliphatic heterocycles. The number of pyridine rings is 2. The van der Waals surface area contributed by atoms with E-state index in [0.717, 1.165) is 12.0 Å². The maximum atomic E-state index is 13.1. The van der Waals surface area contributed by atoms with Crippen LogP contribution < -0.4 is 21.6 Å². The first-order valence-corrected chi connectivity index (χ1v) is 9.27. The third kappa shape index (κ3) is 3.77. The van der Waals surface area contributed by atoms with Gasteiger partial charge < -0.3 is 16.2 Å². The van der Waals surface area contributed by atoms with Crippen molar-refractivity contribution in [2.24, 2.45) is 5.73 Å². The molecule has 0 spiro atoms. The van der Waals surface area contributed by atoms with Crippen molar-refractivity contribution in [1.29, 1.82) is 0 Å². The largest absolute Gasteiger partial charge is 0.389 e. The molecule has 3 heterocycles. The molecule has 0 saturated heterocycles. The second kappa shape index (κ2) is 7.58. The van der Waals surface area contributed by atoms with Gasteiger partial charge >= 0.3 is 0 Å². The predicted molar refractivity (Wildman–Crippen MR) is 110 cm³/mol. The number of nitrogens with zero attached hydrogens (tertiary/aromatic N) is 3. The Kier molecular flexibility index (Phi) is 5.38. The summed E-state index contributed by atoms with van der Waals surface area (Å²) in [7, 11) is 0. The molecule has 0 aliphatic carbocycles. The summed E-state index contributed by atoms with van der Waals surface area (Å²) in [6.45, 7) is 7.02. The van der Waals surface area contributed by atoms with Gasteiger partial charge in [0.1, 0.15) is 10.4 Å². The molecule has 8 heteroatoms. The number of hydrogen-bond acceptors (Lipinski definition) is 5. The van der Waals surface area contributed by atoms with Crippen molar-refractivity contribution >= 4 is 39.7 Å². The van der Waals surface area contributed by atoms with Crippen molar-refractivity contribution < 1.29 is 9.30 Å². The maximum absolute atomic E-state index is 13.1. The number of nitrogens with two attached hydrogens (primary N) is 2. The van der Waals surface area contributed by atoms with Gasteiger partial charge in [0.05, 0.1) is 18.2 Å². The molecule has 7 nitrogen and oxygen atoms in total. The van der Waals surface area contributed by atoms with E-state index in [1.807, 2.05) is 32.9 Å². The van der Waals surface area contributed by atoms with Crippen molar-refractivity contribution in [3.05, 3.63) is 45.9 Å². The molecule has 3 aromatic heterocycles. The molecule has 142 valence electrons. The summed E-state index contributed by atoms with van der Waals surface area (Å²) in [6, 6.07) is 5.37. The van der Waals surface area contributed by atoms with Crippen LogP contribution in [0.3, 0.4) is 0 Å². The average molecular weight is 387 g/mol. The standard InChI is InChI=1S/C19H23N5O2S/c1-11(2)26-8-4-7-23-16(20)13(17(21)27)9-14-18(23)22-15-6-5-12(3)10-24(15)19(14)25/h5-6,9-11,20H,4,7-8H2,1-3H3,(H2,21,27)/p+1. The molecule has 0 aromatic carbocycles. The Morgan fingerprint density at radius 2 is 2.15 bits per heavy atom. The zero-order valence-electron chi connectivity index (χ0n) is 15.7. The van der Waals surface area contributed by atoms with Crippen molar-refractivity contribution in [2.75, 3.05) is 12.3 Å².